The molecule has 2 N–H and O–H groups in total. The van der Waals surface area contributed by atoms with E-state index in [4.69, 9.17) is 0 Å². The molecule has 0 radical (unpaired) electrons. The summed E-state index contributed by atoms with van der Waals surface area (Å²) in [6, 6.07) is 0. The maximum atomic E-state index is 11.7. The summed E-state index contributed by atoms with van der Waals surface area (Å²) in [6.07, 6.45) is 2.29. The lowest BCUT2D eigenvalue weighted by Crippen LogP contribution is -2.41. The van der Waals surface area contributed by atoms with E-state index in [-0.39, 0.29) is 18.4 Å². The summed E-state index contributed by atoms with van der Waals surface area (Å²) in [5.41, 5.74) is 0. The Balaban J connectivity index is 2.25. The standard InChI is InChI=1S/C11H21N3O2/c1-2-4-10(15)13-9-11(16)14-7-3-5-12-6-8-14/h12H,2-9H2,1H3,(H,13,15). The molecule has 1 heterocycles. The first kappa shape index (κ1) is 13.0. The lowest BCUT2D eigenvalue weighted by Gasteiger charge is -2.20. The van der Waals surface area contributed by atoms with E-state index in [9.17, 15) is 9.59 Å². The number of nitrogens with zero attached hydrogens (tertiary/aromatic N) is 1. The summed E-state index contributed by atoms with van der Waals surface area (Å²) in [4.78, 5) is 24.8. The fourth-order valence-corrected chi connectivity index (χ4v) is 1.70. The SMILES string of the molecule is CCCC(=O)NCC(=O)N1CCCNCC1. The molecule has 0 saturated carbocycles. The molecule has 0 unspecified atom stereocenters. The smallest absolute Gasteiger partial charge is 0.242 e. The second-order valence-corrected chi connectivity index (χ2v) is 4.01. The minimum absolute atomic E-state index is 0.0214. The Kier molecular flexibility index (Phi) is 5.85. The van der Waals surface area contributed by atoms with Crippen LogP contribution in [-0.2, 0) is 9.59 Å². The van der Waals surface area contributed by atoms with Gasteiger partial charge in [-0.3, -0.25) is 9.59 Å². The lowest BCUT2D eigenvalue weighted by molar-refractivity contribution is -0.132. The molecule has 0 aromatic heterocycles. The molecule has 0 bridgehead atoms. The maximum absolute atomic E-state index is 11.7. The molecule has 16 heavy (non-hydrogen) atoms. The molecule has 0 aromatic carbocycles. The van der Waals surface area contributed by atoms with Crippen LogP contribution in [0.25, 0.3) is 0 Å². The first-order valence-electron chi connectivity index (χ1n) is 5.99. The van der Waals surface area contributed by atoms with Crippen LogP contribution in [0.15, 0.2) is 0 Å². The number of carbonyl (C=O) groups is 2. The second-order valence-electron chi connectivity index (χ2n) is 4.01. The molecule has 2 amide bonds. The van der Waals surface area contributed by atoms with Gasteiger partial charge in [0, 0.05) is 26.1 Å². The molecule has 0 aliphatic carbocycles. The molecule has 0 aromatic rings. The molecule has 92 valence electrons. The topological polar surface area (TPSA) is 61.4 Å². The van der Waals surface area contributed by atoms with Gasteiger partial charge >= 0.3 is 0 Å². The van der Waals surface area contributed by atoms with Gasteiger partial charge in [-0.05, 0) is 19.4 Å². The highest BCUT2D eigenvalue weighted by Gasteiger charge is 2.15. The molecule has 1 saturated heterocycles. The van der Waals surface area contributed by atoms with E-state index in [1.165, 1.54) is 0 Å². The lowest BCUT2D eigenvalue weighted by atomic mass is 10.3. The van der Waals surface area contributed by atoms with Crippen molar-refractivity contribution < 1.29 is 9.59 Å². The Morgan fingerprint density at radius 3 is 2.88 bits per heavy atom. The van der Waals surface area contributed by atoms with E-state index >= 15 is 0 Å². The van der Waals surface area contributed by atoms with Crippen LogP contribution >= 0.6 is 0 Å². The van der Waals surface area contributed by atoms with E-state index in [0.29, 0.717) is 6.42 Å². The van der Waals surface area contributed by atoms with Gasteiger partial charge in [0.25, 0.3) is 0 Å². The Hall–Kier alpha value is -1.10. The molecule has 5 heteroatoms. The summed E-state index contributed by atoms with van der Waals surface area (Å²) in [5, 5.41) is 5.89. The fourth-order valence-electron chi connectivity index (χ4n) is 1.70. The van der Waals surface area contributed by atoms with Crippen LogP contribution in [0.3, 0.4) is 0 Å². The van der Waals surface area contributed by atoms with Gasteiger partial charge in [-0.1, -0.05) is 6.92 Å². The van der Waals surface area contributed by atoms with Crippen LogP contribution in [0.2, 0.25) is 0 Å². The quantitative estimate of drug-likeness (QED) is 0.694. The highest BCUT2D eigenvalue weighted by molar-refractivity contribution is 5.84. The number of amides is 2. The molecule has 0 atom stereocenters. The van der Waals surface area contributed by atoms with Gasteiger partial charge in [0.15, 0.2) is 0 Å². The third kappa shape index (κ3) is 4.61. The van der Waals surface area contributed by atoms with E-state index in [2.05, 4.69) is 10.6 Å². The highest BCUT2D eigenvalue weighted by Crippen LogP contribution is 1.95. The van der Waals surface area contributed by atoms with Gasteiger partial charge in [0.05, 0.1) is 6.54 Å². The van der Waals surface area contributed by atoms with Gasteiger partial charge < -0.3 is 15.5 Å². The zero-order chi connectivity index (χ0) is 11.8. The van der Waals surface area contributed by atoms with E-state index in [0.717, 1.165) is 39.0 Å². The second kappa shape index (κ2) is 7.22. The van der Waals surface area contributed by atoms with Crippen LogP contribution < -0.4 is 10.6 Å². The molecule has 1 rings (SSSR count). The largest absolute Gasteiger partial charge is 0.347 e. The van der Waals surface area contributed by atoms with Gasteiger partial charge in [0.2, 0.25) is 11.8 Å². The third-order valence-corrected chi connectivity index (χ3v) is 2.61. The molecule has 1 aliphatic rings. The number of nitrogens with one attached hydrogen (secondary N) is 2. The molecule has 0 spiro atoms. The van der Waals surface area contributed by atoms with Gasteiger partial charge in [0.1, 0.15) is 0 Å². The van der Waals surface area contributed by atoms with E-state index < -0.39 is 0 Å². The average Bonchev–Trinajstić information content (AvgIpc) is 2.55. The highest BCUT2D eigenvalue weighted by atomic mass is 16.2. The van der Waals surface area contributed by atoms with Crippen molar-refractivity contribution in [3.8, 4) is 0 Å². The zero-order valence-electron chi connectivity index (χ0n) is 9.92. The van der Waals surface area contributed by atoms with Crippen molar-refractivity contribution in [2.75, 3.05) is 32.7 Å². The van der Waals surface area contributed by atoms with Crippen molar-refractivity contribution in [1.29, 1.82) is 0 Å². The monoisotopic (exact) mass is 227 g/mol. The van der Waals surface area contributed by atoms with E-state index in [1.54, 1.807) is 0 Å². The molecule has 1 fully saturated rings. The first-order chi connectivity index (χ1) is 7.74. The predicted molar refractivity (Wildman–Crippen MR) is 62.0 cm³/mol. The van der Waals surface area contributed by atoms with Crippen LogP contribution in [0.1, 0.15) is 26.2 Å². The zero-order valence-corrected chi connectivity index (χ0v) is 9.92. The number of hydrogen-bond acceptors (Lipinski definition) is 3. The number of carbonyl (C=O) groups excluding carboxylic acids is 2. The van der Waals surface area contributed by atoms with Crippen molar-refractivity contribution in [3.63, 3.8) is 0 Å². The van der Waals surface area contributed by atoms with Gasteiger partial charge in [-0.15, -0.1) is 0 Å². The fraction of sp³-hybridized carbons (Fsp3) is 0.818. The van der Waals surface area contributed by atoms with Crippen molar-refractivity contribution >= 4 is 11.8 Å². The van der Waals surface area contributed by atoms with Crippen molar-refractivity contribution in [2.24, 2.45) is 0 Å². The van der Waals surface area contributed by atoms with Crippen LogP contribution in [0.5, 0.6) is 0 Å². The van der Waals surface area contributed by atoms with Crippen molar-refractivity contribution in [3.05, 3.63) is 0 Å². The Bertz CT molecular complexity index is 235. The summed E-state index contributed by atoms with van der Waals surface area (Å²) in [6.45, 7) is 5.42. The van der Waals surface area contributed by atoms with E-state index in [1.807, 2.05) is 11.8 Å². The predicted octanol–water partition coefficient (Wildman–Crippen LogP) is -0.275. The van der Waals surface area contributed by atoms with Crippen molar-refractivity contribution in [2.45, 2.75) is 26.2 Å². The van der Waals surface area contributed by atoms with Crippen molar-refractivity contribution in [1.82, 2.24) is 15.5 Å². The summed E-state index contributed by atoms with van der Waals surface area (Å²) < 4.78 is 0. The van der Waals surface area contributed by atoms with Crippen LogP contribution in [-0.4, -0.2) is 49.4 Å². The minimum Gasteiger partial charge on any atom is -0.347 e. The third-order valence-electron chi connectivity index (χ3n) is 2.61. The Morgan fingerprint density at radius 2 is 2.12 bits per heavy atom. The number of hydrogen-bond donors (Lipinski definition) is 2. The van der Waals surface area contributed by atoms with Gasteiger partial charge in [-0.25, -0.2) is 0 Å². The van der Waals surface area contributed by atoms with Gasteiger partial charge in [-0.2, -0.15) is 0 Å². The summed E-state index contributed by atoms with van der Waals surface area (Å²) in [5.74, 6) is -0.0167. The van der Waals surface area contributed by atoms with Crippen LogP contribution in [0.4, 0.5) is 0 Å². The molecule has 5 nitrogen and oxygen atoms in total. The average molecular weight is 227 g/mol. The molecule has 1 aliphatic heterocycles. The summed E-state index contributed by atoms with van der Waals surface area (Å²) in [7, 11) is 0. The maximum Gasteiger partial charge on any atom is 0.242 e. The normalized spacial score (nSPS) is 16.7. The molecular weight excluding hydrogens is 206 g/mol. The summed E-state index contributed by atoms with van der Waals surface area (Å²) >= 11 is 0. The Labute approximate surface area is 96.6 Å². The minimum atomic E-state index is -0.0382. The number of rotatable bonds is 4. The first-order valence-corrected chi connectivity index (χ1v) is 5.99. The molecular formula is C11H21N3O2. The van der Waals surface area contributed by atoms with Crippen LogP contribution in [0, 0.1) is 0 Å². The Morgan fingerprint density at radius 1 is 1.31 bits per heavy atom.